The van der Waals surface area contributed by atoms with Crippen LogP contribution in [0.3, 0.4) is 0 Å². The van der Waals surface area contributed by atoms with Gasteiger partial charge in [0.05, 0.1) is 0 Å². The van der Waals surface area contributed by atoms with Gasteiger partial charge in [-0.25, -0.2) is 0 Å². The summed E-state index contributed by atoms with van der Waals surface area (Å²) in [7, 11) is 0. The van der Waals surface area contributed by atoms with E-state index in [1.807, 2.05) is 12.4 Å². The van der Waals surface area contributed by atoms with Crippen molar-refractivity contribution < 1.29 is 0 Å². The molecule has 2 unspecified atom stereocenters. The van der Waals surface area contributed by atoms with Crippen molar-refractivity contribution in [3.63, 3.8) is 0 Å². The fraction of sp³-hybridized carbons (Fsp3) is 0.583. The molecule has 2 nitrogen and oxygen atoms in total. The molecule has 0 amide bonds. The molecule has 1 rings (SSSR count). The highest BCUT2D eigenvalue weighted by Crippen LogP contribution is 2.27. The van der Waals surface area contributed by atoms with E-state index in [0.717, 1.165) is 6.42 Å². The first-order valence-electron chi connectivity index (χ1n) is 5.26. The zero-order valence-corrected chi connectivity index (χ0v) is 9.27. The summed E-state index contributed by atoms with van der Waals surface area (Å²) in [6, 6.07) is 4.44. The third-order valence-electron chi connectivity index (χ3n) is 2.56. The minimum Gasteiger partial charge on any atom is -0.328 e. The molecule has 0 spiro atoms. The van der Waals surface area contributed by atoms with Crippen molar-refractivity contribution in [1.29, 1.82) is 0 Å². The minimum atomic E-state index is 0.260. The molecule has 1 aromatic rings. The van der Waals surface area contributed by atoms with Crippen molar-refractivity contribution in [2.75, 3.05) is 0 Å². The molecule has 2 atom stereocenters. The summed E-state index contributed by atoms with van der Waals surface area (Å²) in [5, 5.41) is 0. The van der Waals surface area contributed by atoms with Gasteiger partial charge in [0, 0.05) is 18.4 Å². The molecule has 0 bridgehead atoms. The van der Waals surface area contributed by atoms with Crippen molar-refractivity contribution >= 4 is 0 Å². The molecule has 0 saturated carbocycles. The second-order valence-electron chi connectivity index (χ2n) is 4.34. The highest BCUT2D eigenvalue weighted by atomic mass is 14.6. The highest BCUT2D eigenvalue weighted by Gasteiger charge is 2.16. The topological polar surface area (TPSA) is 38.9 Å². The van der Waals surface area contributed by atoms with Gasteiger partial charge in [0.1, 0.15) is 0 Å². The Balaban J connectivity index is 2.78. The smallest absolute Gasteiger partial charge is 0.0270 e. The third kappa shape index (κ3) is 3.11. The lowest BCUT2D eigenvalue weighted by atomic mass is 9.84. The van der Waals surface area contributed by atoms with Gasteiger partial charge in [0.25, 0.3) is 0 Å². The molecule has 78 valence electrons. The number of hydrogen-bond donors (Lipinski definition) is 1. The van der Waals surface area contributed by atoms with Crippen LogP contribution in [-0.2, 0) is 0 Å². The average Bonchev–Trinajstić information content (AvgIpc) is 2.15. The third-order valence-corrected chi connectivity index (χ3v) is 2.56. The van der Waals surface area contributed by atoms with Gasteiger partial charge in [-0.1, -0.05) is 13.8 Å². The summed E-state index contributed by atoms with van der Waals surface area (Å²) in [6.07, 6.45) is 4.75. The number of hydrogen-bond acceptors (Lipinski definition) is 2. The SMILES string of the molecule is CC(N)CC(c1ccncc1)C(C)C. The lowest BCUT2D eigenvalue weighted by Crippen LogP contribution is -2.21. The van der Waals surface area contributed by atoms with E-state index in [1.165, 1.54) is 5.56 Å². The van der Waals surface area contributed by atoms with Crippen LogP contribution >= 0.6 is 0 Å². The summed E-state index contributed by atoms with van der Waals surface area (Å²) in [6.45, 7) is 6.55. The maximum atomic E-state index is 5.85. The fourth-order valence-electron chi connectivity index (χ4n) is 1.80. The molecule has 0 aromatic carbocycles. The summed E-state index contributed by atoms with van der Waals surface area (Å²) < 4.78 is 0. The van der Waals surface area contributed by atoms with E-state index in [4.69, 9.17) is 5.73 Å². The van der Waals surface area contributed by atoms with Gasteiger partial charge in [-0.3, -0.25) is 4.98 Å². The maximum Gasteiger partial charge on any atom is 0.0270 e. The molecule has 1 aromatic heterocycles. The maximum absolute atomic E-state index is 5.85. The van der Waals surface area contributed by atoms with Crippen LogP contribution in [0.25, 0.3) is 0 Å². The predicted molar refractivity (Wildman–Crippen MR) is 60.1 cm³/mol. The van der Waals surface area contributed by atoms with E-state index >= 15 is 0 Å². The number of pyridine rings is 1. The molecule has 2 heteroatoms. The summed E-state index contributed by atoms with van der Waals surface area (Å²) in [4.78, 5) is 4.04. The van der Waals surface area contributed by atoms with Crippen LogP contribution in [0.4, 0.5) is 0 Å². The minimum absolute atomic E-state index is 0.260. The van der Waals surface area contributed by atoms with Crippen LogP contribution in [0.15, 0.2) is 24.5 Å². The Bertz CT molecular complexity index is 254. The van der Waals surface area contributed by atoms with Gasteiger partial charge in [0.2, 0.25) is 0 Å². The van der Waals surface area contributed by atoms with Gasteiger partial charge >= 0.3 is 0 Å². The molecule has 2 N–H and O–H groups in total. The standard InChI is InChI=1S/C12H20N2/c1-9(2)12(8-10(3)13)11-4-6-14-7-5-11/h4-7,9-10,12H,8,13H2,1-3H3. The van der Waals surface area contributed by atoms with Crippen LogP contribution in [0.5, 0.6) is 0 Å². The second kappa shape index (κ2) is 5.11. The fourth-order valence-corrected chi connectivity index (χ4v) is 1.80. The zero-order valence-electron chi connectivity index (χ0n) is 9.27. The van der Waals surface area contributed by atoms with Crippen LogP contribution in [-0.4, -0.2) is 11.0 Å². The van der Waals surface area contributed by atoms with Crippen molar-refractivity contribution in [1.82, 2.24) is 4.98 Å². The Kier molecular flexibility index (Phi) is 4.08. The van der Waals surface area contributed by atoms with Crippen molar-refractivity contribution in [3.05, 3.63) is 30.1 Å². The van der Waals surface area contributed by atoms with Crippen LogP contribution in [0.2, 0.25) is 0 Å². The lowest BCUT2D eigenvalue weighted by Gasteiger charge is -2.22. The van der Waals surface area contributed by atoms with Crippen molar-refractivity contribution in [2.45, 2.75) is 39.2 Å². The first kappa shape index (κ1) is 11.2. The van der Waals surface area contributed by atoms with Gasteiger partial charge in [-0.2, -0.15) is 0 Å². The molecule has 14 heavy (non-hydrogen) atoms. The summed E-state index contributed by atoms with van der Waals surface area (Å²) >= 11 is 0. The molecule has 0 aliphatic carbocycles. The largest absolute Gasteiger partial charge is 0.328 e. The van der Waals surface area contributed by atoms with Crippen LogP contribution < -0.4 is 5.73 Å². The normalized spacial score (nSPS) is 15.5. The number of nitrogens with two attached hydrogens (primary N) is 1. The Morgan fingerprint density at radius 1 is 1.21 bits per heavy atom. The first-order chi connectivity index (χ1) is 6.61. The molecule has 0 aliphatic rings. The zero-order chi connectivity index (χ0) is 10.6. The molecule has 0 saturated heterocycles. The van der Waals surface area contributed by atoms with Gasteiger partial charge in [-0.15, -0.1) is 0 Å². The Morgan fingerprint density at radius 3 is 2.21 bits per heavy atom. The Labute approximate surface area is 86.5 Å². The Morgan fingerprint density at radius 2 is 1.79 bits per heavy atom. The lowest BCUT2D eigenvalue weighted by molar-refractivity contribution is 0.437. The van der Waals surface area contributed by atoms with Crippen LogP contribution in [0, 0.1) is 5.92 Å². The molecular formula is C12H20N2. The average molecular weight is 192 g/mol. The monoisotopic (exact) mass is 192 g/mol. The van der Waals surface area contributed by atoms with Gasteiger partial charge < -0.3 is 5.73 Å². The summed E-state index contributed by atoms with van der Waals surface area (Å²) in [5.41, 5.74) is 7.21. The van der Waals surface area contributed by atoms with E-state index in [-0.39, 0.29) is 6.04 Å². The highest BCUT2D eigenvalue weighted by molar-refractivity contribution is 5.16. The Hall–Kier alpha value is -0.890. The van der Waals surface area contributed by atoms with Gasteiger partial charge in [0.15, 0.2) is 0 Å². The molecule has 1 heterocycles. The van der Waals surface area contributed by atoms with Gasteiger partial charge in [-0.05, 0) is 42.9 Å². The first-order valence-corrected chi connectivity index (χ1v) is 5.26. The molecule has 0 aliphatic heterocycles. The quantitative estimate of drug-likeness (QED) is 0.796. The predicted octanol–water partition coefficient (Wildman–Crippen LogP) is 2.56. The summed E-state index contributed by atoms with van der Waals surface area (Å²) in [5.74, 6) is 1.18. The van der Waals surface area contributed by atoms with E-state index in [9.17, 15) is 0 Å². The van der Waals surface area contributed by atoms with E-state index in [0.29, 0.717) is 11.8 Å². The molecule has 0 fully saturated rings. The molecular weight excluding hydrogens is 172 g/mol. The number of aromatic nitrogens is 1. The second-order valence-corrected chi connectivity index (χ2v) is 4.34. The van der Waals surface area contributed by atoms with Crippen LogP contribution in [0.1, 0.15) is 38.7 Å². The number of rotatable bonds is 4. The van der Waals surface area contributed by atoms with Crippen molar-refractivity contribution in [3.8, 4) is 0 Å². The van der Waals surface area contributed by atoms with Crippen molar-refractivity contribution in [2.24, 2.45) is 11.7 Å². The van der Waals surface area contributed by atoms with E-state index in [2.05, 4.69) is 37.9 Å². The number of nitrogens with zero attached hydrogens (tertiary/aromatic N) is 1. The molecule has 0 radical (unpaired) electrons. The van der Waals surface area contributed by atoms with E-state index in [1.54, 1.807) is 0 Å². The van der Waals surface area contributed by atoms with E-state index < -0.39 is 0 Å².